The van der Waals surface area contributed by atoms with E-state index in [4.69, 9.17) is 46.4 Å². The molecule has 5 aromatic rings. The van der Waals surface area contributed by atoms with Gasteiger partial charge in [-0.15, -0.1) is 0 Å². The van der Waals surface area contributed by atoms with Gasteiger partial charge < -0.3 is 21.3 Å². The first-order valence-corrected chi connectivity index (χ1v) is 20.8. The lowest BCUT2D eigenvalue weighted by Gasteiger charge is -2.17. The fourth-order valence-corrected chi connectivity index (χ4v) is 7.07. The first-order chi connectivity index (χ1) is 31.8. The van der Waals surface area contributed by atoms with E-state index in [1.165, 1.54) is 48.5 Å². The fraction of sp³-hybridized carbons (Fsp3) is 0.182. The summed E-state index contributed by atoms with van der Waals surface area (Å²) in [4.78, 5) is 78.0. The molecule has 4 amide bonds. The van der Waals surface area contributed by atoms with Crippen molar-refractivity contribution < 1.29 is 55.1 Å². The summed E-state index contributed by atoms with van der Waals surface area (Å²) in [6, 6.07) is 12.7. The van der Waals surface area contributed by atoms with Gasteiger partial charge >= 0.3 is 12.4 Å². The smallest absolute Gasteiger partial charge is 0.324 e. The van der Waals surface area contributed by atoms with Gasteiger partial charge in [0.25, 0.3) is 23.6 Å². The molecule has 68 heavy (non-hydrogen) atoms. The van der Waals surface area contributed by atoms with Crippen LogP contribution in [0.3, 0.4) is 0 Å². The van der Waals surface area contributed by atoms with Gasteiger partial charge in [0, 0.05) is 22.5 Å². The minimum Gasteiger partial charge on any atom is -0.324 e. The molecule has 0 aliphatic carbocycles. The Balaban J connectivity index is 1.28. The highest BCUT2D eigenvalue weighted by Gasteiger charge is 2.38. The number of alkyl halides is 6. The van der Waals surface area contributed by atoms with E-state index in [0.717, 1.165) is 50.2 Å². The molecule has 0 aromatic heterocycles. The molecule has 5 rings (SSSR count). The van der Waals surface area contributed by atoms with Crippen molar-refractivity contribution in [1.82, 2.24) is 0 Å². The lowest BCUT2D eigenvalue weighted by Crippen LogP contribution is -2.33. The molecule has 2 unspecified atom stereocenters. The van der Waals surface area contributed by atoms with Gasteiger partial charge in [-0.2, -0.15) is 46.8 Å². The Morgan fingerprint density at radius 3 is 1.26 bits per heavy atom. The van der Waals surface area contributed by atoms with Crippen LogP contribution in [-0.2, 0) is 31.5 Å². The summed E-state index contributed by atoms with van der Waals surface area (Å²) in [6.45, 7) is 5.20. The van der Waals surface area contributed by atoms with Gasteiger partial charge in [0.1, 0.15) is 11.4 Å². The van der Waals surface area contributed by atoms with Crippen molar-refractivity contribution in [3.05, 3.63) is 138 Å². The number of amides is 4. The molecule has 2 atom stereocenters. The molecule has 14 nitrogen and oxygen atoms in total. The number of Topliss-reactive ketones (excluding diaryl/α,β-unsaturated/α-hetero) is 2. The summed E-state index contributed by atoms with van der Waals surface area (Å²) in [5.74, 6) is -5.46. The Hall–Kier alpha value is -6.74. The van der Waals surface area contributed by atoms with E-state index in [2.05, 4.69) is 41.7 Å². The van der Waals surface area contributed by atoms with Crippen molar-refractivity contribution in [2.45, 2.75) is 52.1 Å². The number of carbonyl (C=O) groups is 6. The van der Waals surface area contributed by atoms with Gasteiger partial charge in [0.05, 0.1) is 42.6 Å². The molecular weight excluding hydrogens is 992 g/mol. The van der Waals surface area contributed by atoms with Crippen LogP contribution in [0.15, 0.2) is 105 Å². The van der Waals surface area contributed by atoms with E-state index in [1.54, 1.807) is 13.8 Å². The number of azo groups is 2. The third-order valence-electron chi connectivity index (χ3n) is 9.38. The number of nitrogens with zero attached hydrogens (tertiary/aromatic N) is 4. The number of nitrogens with one attached hydrogen (secondary N) is 4. The van der Waals surface area contributed by atoms with Crippen LogP contribution in [0, 0.1) is 13.8 Å². The van der Waals surface area contributed by atoms with Crippen molar-refractivity contribution in [3.8, 4) is 0 Å². The number of carbonyl (C=O) groups excluding carboxylic acids is 6. The number of anilines is 4. The summed E-state index contributed by atoms with van der Waals surface area (Å²) >= 11 is 24.0. The van der Waals surface area contributed by atoms with Gasteiger partial charge in [-0.1, -0.05) is 58.5 Å². The third-order valence-corrected chi connectivity index (χ3v) is 10.7. The summed E-state index contributed by atoms with van der Waals surface area (Å²) in [5.41, 5.74) is -3.58. The van der Waals surface area contributed by atoms with Gasteiger partial charge in [0.15, 0.2) is 11.6 Å². The maximum atomic E-state index is 13.7. The van der Waals surface area contributed by atoms with Crippen molar-refractivity contribution in [3.63, 3.8) is 0 Å². The fourth-order valence-electron chi connectivity index (χ4n) is 6.19. The summed E-state index contributed by atoms with van der Waals surface area (Å²) in [6.07, 6.45) is -9.79. The van der Waals surface area contributed by atoms with E-state index in [-0.39, 0.29) is 43.9 Å². The van der Waals surface area contributed by atoms with E-state index in [1.807, 2.05) is 0 Å². The van der Waals surface area contributed by atoms with Crippen molar-refractivity contribution in [2.24, 2.45) is 20.5 Å². The largest absolute Gasteiger partial charge is 0.419 e. The minimum atomic E-state index is -4.90. The van der Waals surface area contributed by atoms with E-state index in [9.17, 15) is 55.1 Å². The normalized spacial score (nSPS) is 12.7. The van der Waals surface area contributed by atoms with Crippen LogP contribution in [0.1, 0.15) is 56.8 Å². The molecule has 354 valence electrons. The zero-order chi connectivity index (χ0) is 50.4. The Bertz CT molecular complexity index is 2910. The highest BCUT2D eigenvalue weighted by molar-refractivity contribution is 6.34. The van der Waals surface area contributed by atoms with Crippen molar-refractivity contribution >= 4 is 116 Å². The quantitative estimate of drug-likeness (QED) is 0.0484. The summed E-state index contributed by atoms with van der Waals surface area (Å²) in [5, 5.41) is 23.4. The predicted molar refractivity (Wildman–Crippen MR) is 243 cm³/mol. The highest BCUT2D eigenvalue weighted by atomic mass is 35.5. The molecule has 0 saturated carbocycles. The Kier molecular flexibility index (Phi) is 16.5. The number of hydrogen-bond donors (Lipinski definition) is 4. The molecule has 0 radical (unpaired) electrons. The standard InChI is InChI=1S/C44H32Cl4F6N8O6/c1-19-15-25(55-41(67)37(21(3)63)61-59-32-17-23(11-13-26(32)45)39(65)56-30-9-5-7-28(47)34(30)43(49,50)51)16-20(2)36(19)58-42(68)38(22(4)64)62-60-33-18-24(12-14-27(33)46)40(66)57-31-10-6-8-29(48)35(31)44(52,53)54/h5-18,37-38H,1-4H3,(H,55,67)(H,56,65)(H,57,66)(H,58,68). The number of rotatable bonds is 14. The van der Waals surface area contributed by atoms with Gasteiger partial charge in [-0.25, -0.2) is 0 Å². The van der Waals surface area contributed by atoms with E-state index >= 15 is 0 Å². The Morgan fingerprint density at radius 1 is 0.515 bits per heavy atom. The monoisotopic (exact) mass is 1020 g/mol. The lowest BCUT2D eigenvalue weighted by molar-refractivity contribution is -0.137. The van der Waals surface area contributed by atoms with Crippen LogP contribution in [0.25, 0.3) is 0 Å². The van der Waals surface area contributed by atoms with E-state index in [0.29, 0.717) is 11.1 Å². The van der Waals surface area contributed by atoms with Gasteiger partial charge in [-0.05, 0) is 112 Å². The number of benzene rings is 5. The lowest BCUT2D eigenvalue weighted by atomic mass is 10.1. The first kappa shape index (κ1) is 52.2. The summed E-state index contributed by atoms with van der Waals surface area (Å²) < 4.78 is 81.9. The van der Waals surface area contributed by atoms with Gasteiger partial charge in [0.2, 0.25) is 12.1 Å². The zero-order valence-electron chi connectivity index (χ0n) is 35.3. The molecule has 0 aliphatic rings. The van der Waals surface area contributed by atoms with Gasteiger partial charge in [-0.3, -0.25) is 28.8 Å². The maximum Gasteiger partial charge on any atom is 0.419 e. The maximum absolute atomic E-state index is 13.7. The second-order valence-electron chi connectivity index (χ2n) is 14.5. The van der Waals surface area contributed by atoms with Crippen LogP contribution in [0.4, 0.5) is 60.5 Å². The number of halogens is 10. The molecule has 0 saturated heterocycles. The van der Waals surface area contributed by atoms with Crippen molar-refractivity contribution in [1.29, 1.82) is 0 Å². The first-order valence-electron chi connectivity index (χ1n) is 19.3. The second-order valence-corrected chi connectivity index (χ2v) is 16.1. The molecule has 0 aliphatic heterocycles. The Morgan fingerprint density at radius 2 is 0.897 bits per heavy atom. The van der Waals surface area contributed by atoms with Crippen LogP contribution in [0.2, 0.25) is 20.1 Å². The molecule has 4 N–H and O–H groups in total. The van der Waals surface area contributed by atoms with E-state index < -0.39 is 92.2 Å². The summed E-state index contributed by atoms with van der Waals surface area (Å²) in [7, 11) is 0. The molecule has 24 heteroatoms. The minimum absolute atomic E-state index is 0.0915. The average molecular weight is 1020 g/mol. The highest BCUT2D eigenvalue weighted by Crippen LogP contribution is 2.41. The van der Waals surface area contributed by atoms with Crippen LogP contribution in [0.5, 0.6) is 0 Å². The van der Waals surface area contributed by atoms with Crippen LogP contribution < -0.4 is 21.3 Å². The van der Waals surface area contributed by atoms with Crippen molar-refractivity contribution in [2.75, 3.05) is 21.3 Å². The predicted octanol–water partition coefficient (Wildman–Crippen LogP) is 12.8. The average Bonchev–Trinajstić information content (AvgIpc) is 3.22. The number of aryl methyl sites for hydroxylation is 2. The second kappa shape index (κ2) is 21.5. The molecule has 0 heterocycles. The number of hydrogen-bond acceptors (Lipinski definition) is 10. The molecule has 5 aromatic carbocycles. The van der Waals surface area contributed by atoms with Crippen LogP contribution >= 0.6 is 46.4 Å². The third kappa shape index (κ3) is 12.8. The Labute approximate surface area is 401 Å². The molecule has 0 spiro atoms. The number of ketones is 2. The molecule has 0 bridgehead atoms. The SMILES string of the molecule is CC(=O)C(N=Nc1cc(C(=O)Nc2cccc(Cl)c2C(F)(F)F)ccc1Cl)C(=O)Nc1cc(C)c(NC(=O)C(N=Nc2cc(C(=O)Nc3cccc(Cl)c3C(F)(F)F)ccc2Cl)C(C)=O)c(C)c1. The molecular formula is C44H32Cl4F6N8O6. The van der Waals surface area contributed by atoms with Crippen LogP contribution in [-0.4, -0.2) is 47.3 Å². The molecule has 0 fully saturated rings. The topological polar surface area (TPSA) is 200 Å². The zero-order valence-corrected chi connectivity index (χ0v) is 38.3.